The first-order valence-electron chi connectivity index (χ1n) is 12.2. The number of nitrogens with zero attached hydrogens (tertiary/aromatic N) is 1. The van der Waals surface area contributed by atoms with E-state index in [-0.39, 0.29) is 0 Å². The van der Waals surface area contributed by atoms with Crippen LogP contribution in [0.4, 0.5) is 17.1 Å². The second kappa shape index (κ2) is 8.67. The van der Waals surface area contributed by atoms with Gasteiger partial charge in [0.05, 0.1) is 5.69 Å². The fraction of sp³-hybridized carbons (Fsp3) is 0. The molecule has 0 aliphatic heterocycles. The summed E-state index contributed by atoms with van der Waals surface area (Å²) in [4.78, 5) is 2.37. The van der Waals surface area contributed by atoms with Crippen LogP contribution in [-0.4, -0.2) is 0 Å². The number of rotatable bonds is 4. The van der Waals surface area contributed by atoms with Crippen LogP contribution in [0, 0.1) is 0 Å². The minimum absolute atomic E-state index is 1.14. The van der Waals surface area contributed by atoms with E-state index in [1.165, 1.54) is 47.8 Å². The van der Waals surface area contributed by atoms with Crippen molar-refractivity contribution in [3.05, 3.63) is 140 Å². The van der Waals surface area contributed by atoms with Crippen molar-refractivity contribution >= 4 is 59.3 Å². The van der Waals surface area contributed by atoms with E-state index in [0.29, 0.717) is 0 Å². The van der Waals surface area contributed by atoms with Gasteiger partial charge in [0, 0.05) is 37.1 Å². The molecule has 0 saturated heterocycles. The third kappa shape index (κ3) is 3.55. The van der Waals surface area contributed by atoms with Crippen LogP contribution in [0.5, 0.6) is 0 Å². The van der Waals surface area contributed by atoms with Gasteiger partial charge in [0.2, 0.25) is 0 Å². The zero-order valence-corrected chi connectivity index (χ0v) is 20.5. The van der Waals surface area contributed by atoms with Crippen molar-refractivity contribution < 1.29 is 0 Å². The Kier molecular flexibility index (Phi) is 5.04. The molecule has 0 radical (unpaired) electrons. The Bertz CT molecular complexity index is 1790. The molecule has 0 saturated carbocycles. The van der Waals surface area contributed by atoms with Crippen LogP contribution in [0.15, 0.2) is 140 Å². The Morgan fingerprint density at radius 3 is 1.75 bits per heavy atom. The van der Waals surface area contributed by atoms with Crippen molar-refractivity contribution in [3.63, 3.8) is 0 Å². The minimum Gasteiger partial charge on any atom is -0.310 e. The standard InChI is InChI=1S/C34H23NS/c1-3-13-27(14-4-1)35(28-15-5-2-6-16-28)32-23-25-12-8-7-11-24(25)21-30(32)26-19-20-34-31(22-26)29-17-9-10-18-33(29)36-34/h1-23H. The topological polar surface area (TPSA) is 3.24 Å². The summed E-state index contributed by atoms with van der Waals surface area (Å²) in [6.07, 6.45) is 0. The van der Waals surface area contributed by atoms with Gasteiger partial charge in [-0.1, -0.05) is 84.9 Å². The Hall–Kier alpha value is -4.40. The molecule has 170 valence electrons. The highest BCUT2D eigenvalue weighted by Crippen LogP contribution is 2.44. The van der Waals surface area contributed by atoms with Gasteiger partial charge in [-0.05, 0) is 70.9 Å². The maximum Gasteiger partial charge on any atom is 0.0546 e. The van der Waals surface area contributed by atoms with E-state index in [1.807, 2.05) is 11.3 Å². The molecule has 0 aliphatic rings. The molecule has 0 unspecified atom stereocenters. The van der Waals surface area contributed by atoms with Crippen molar-refractivity contribution in [1.29, 1.82) is 0 Å². The first-order valence-corrected chi connectivity index (χ1v) is 13.0. The summed E-state index contributed by atoms with van der Waals surface area (Å²) >= 11 is 1.86. The first kappa shape index (κ1) is 20.9. The van der Waals surface area contributed by atoms with E-state index >= 15 is 0 Å². The van der Waals surface area contributed by atoms with E-state index in [1.54, 1.807) is 0 Å². The molecule has 7 aromatic rings. The quantitative estimate of drug-likeness (QED) is 0.244. The van der Waals surface area contributed by atoms with E-state index in [4.69, 9.17) is 0 Å². The van der Waals surface area contributed by atoms with Gasteiger partial charge in [0.25, 0.3) is 0 Å². The average Bonchev–Trinajstić information content (AvgIpc) is 3.32. The van der Waals surface area contributed by atoms with Gasteiger partial charge in [-0.3, -0.25) is 0 Å². The van der Waals surface area contributed by atoms with E-state index in [0.717, 1.165) is 11.4 Å². The largest absolute Gasteiger partial charge is 0.310 e. The number of benzene rings is 6. The lowest BCUT2D eigenvalue weighted by atomic mass is 9.96. The summed E-state index contributed by atoms with van der Waals surface area (Å²) in [6, 6.07) is 50.3. The van der Waals surface area contributed by atoms with Crippen LogP contribution >= 0.6 is 11.3 Å². The zero-order valence-electron chi connectivity index (χ0n) is 19.6. The molecule has 1 heterocycles. The van der Waals surface area contributed by atoms with E-state index < -0.39 is 0 Å². The second-order valence-electron chi connectivity index (χ2n) is 9.03. The smallest absolute Gasteiger partial charge is 0.0546 e. The summed E-state index contributed by atoms with van der Waals surface area (Å²) in [5.41, 5.74) is 5.90. The second-order valence-corrected chi connectivity index (χ2v) is 10.1. The Labute approximate surface area is 214 Å². The van der Waals surface area contributed by atoms with E-state index in [9.17, 15) is 0 Å². The minimum atomic E-state index is 1.14. The van der Waals surface area contributed by atoms with Gasteiger partial charge in [-0.25, -0.2) is 0 Å². The molecular weight excluding hydrogens is 454 g/mol. The van der Waals surface area contributed by atoms with Crippen LogP contribution < -0.4 is 4.90 Å². The van der Waals surface area contributed by atoms with Crippen LogP contribution in [0.3, 0.4) is 0 Å². The Balaban J connectivity index is 1.53. The maximum absolute atomic E-state index is 2.37. The molecule has 7 rings (SSSR count). The number of thiophene rings is 1. The van der Waals surface area contributed by atoms with Crippen molar-refractivity contribution in [2.45, 2.75) is 0 Å². The lowest BCUT2D eigenvalue weighted by Gasteiger charge is -2.28. The molecule has 1 aromatic heterocycles. The molecule has 1 nitrogen and oxygen atoms in total. The predicted molar refractivity (Wildman–Crippen MR) is 157 cm³/mol. The molecule has 0 fully saturated rings. The highest BCUT2D eigenvalue weighted by atomic mass is 32.1. The first-order chi connectivity index (χ1) is 17.8. The van der Waals surface area contributed by atoms with Crippen LogP contribution in [-0.2, 0) is 0 Å². The summed E-state index contributed by atoms with van der Waals surface area (Å²) < 4.78 is 2.66. The molecule has 0 spiro atoms. The molecule has 6 aromatic carbocycles. The molecule has 36 heavy (non-hydrogen) atoms. The fourth-order valence-corrected chi connectivity index (χ4v) is 6.21. The summed E-state index contributed by atoms with van der Waals surface area (Å²) in [7, 11) is 0. The van der Waals surface area contributed by atoms with E-state index in [2.05, 4.69) is 144 Å². The Morgan fingerprint density at radius 1 is 0.444 bits per heavy atom. The summed E-state index contributed by atoms with van der Waals surface area (Å²) in [5.74, 6) is 0. The highest BCUT2D eigenvalue weighted by molar-refractivity contribution is 7.25. The van der Waals surface area contributed by atoms with Gasteiger partial charge >= 0.3 is 0 Å². The van der Waals surface area contributed by atoms with Gasteiger partial charge in [0.15, 0.2) is 0 Å². The number of para-hydroxylation sites is 2. The predicted octanol–water partition coefficient (Wildman–Crippen LogP) is 10.3. The van der Waals surface area contributed by atoms with Crippen LogP contribution in [0.2, 0.25) is 0 Å². The van der Waals surface area contributed by atoms with Gasteiger partial charge in [-0.15, -0.1) is 11.3 Å². The summed E-state index contributed by atoms with van der Waals surface area (Å²) in [5, 5.41) is 5.12. The highest BCUT2D eigenvalue weighted by Gasteiger charge is 2.18. The number of anilines is 3. The van der Waals surface area contributed by atoms with Crippen molar-refractivity contribution in [2.24, 2.45) is 0 Å². The average molecular weight is 478 g/mol. The molecule has 0 amide bonds. The van der Waals surface area contributed by atoms with Gasteiger partial charge < -0.3 is 4.90 Å². The summed E-state index contributed by atoms with van der Waals surface area (Å²) in [6.45, 7) is 0. The number of hydrogen-bond donors (Lipinski definition) is 0. The molecule has 0 N–H and O–H groups in total. The fourth-order valence-electron chi connectivity index (χ4n) is 5.12. The van der Waals surface area contributed by atoms with Crippen molar-refractivity contribution in [1.82, 2.24) is 0 Å². The molecular formula is C34H23NS. The normalized spacial score (nSPS) is 11.3. The van der Waals surface area contributed by atoms with Crippen molar-refractivity contribution in [3.8, 4) is 11.1 Å². The Morgan fingerprint density at radius 2 is 1.03 bits per heavy atom. The third-order valence-electron chi connectivity index (χ3n) is 6.82. The van der Waals surface area contributed by atoms with Gasteiger partial charge in [0.1, 0.15) is 0 Å². The monoisotopic (exact) mass is 477 g/mol. The molecule has 0 aliphatic carbocycles. The number of hydrogen-bond acceptors (Lipinski definition) is 2. The van der Waals surface area contributed by atoms with Crippen molar-refractivity contribution in [2.75, 3.05) is 4.90 Å². The molecule has 0 bridgehead atoms. The lowest BCUT2D eigenvalue weighted by molar-refractivity contribution is 1.29. The SMILES string of the molecule is c1ccc(N(c2ccccc2)c2cc3ccccc3cc2-c2ccc3sc4ccccc4c3c2)cc1. The lowest BCUT2D eigenvalue weighted by Crippen LogP contribution is -2.11. The number of fused-ring (bicyclic) bond motifs is 4. The molecule has 0 atom stereocenters. The third-order valence-corrected chi connectivity index (χ3v) is 7.97. The van der Waals surface area contributed by atoms with Crippen LogP contribution in [0.25, 0.3) is 42.1 Å². The van der Waals surface area contributed by atoms with Gasteiger partial charge in [-0.2, -0.15) is 0 Å². The van der Waals surface area contributed by atoms with Crippen LogP contribution in [0.1, 0.15) is 0 Å². The maximum atomic E-state index is 2.37. The molecule has 2 heteroatoms. The zero-order chi connectivity index (χ0) is 23.9.